The van der Waals surface area contributed by atoms with Gasteiger partial charge in [0.1, 0.15) is 0 Å². The lowest BCUT2D eigenvalue weighted by molar-refractivity contribution is 0.0269. The van der Waals surface area contributed by atoms with Gasteiger partial charge in [-0.2, -0.15) is 0 Å². The zero-order valence-electron chi connectivity index (χ0n) is 11.4. The molecule has 0 aromatic rings. The van der Waals surface area contributed by atoms with Crippen molar-refractivity contribution in [1.82, 2.24) is 5.32 Å². The molecule has 0 aliphatic carbocycles. The van der Waals surface area contributed by atoms with E-state index in [2.05, 4.69) is 26.1 Å². The molecule has 1 heterocycles. The third-order valence-corrected chi connectivity index (χ3v) is 3.58. The second-order valence-electron chi connectivity index (χ2n) is 5.14. The molecule has 1 aliphatic heterocycles. The van der Waals surface area contributed by atoms with Crippen molar-refractivity contribution in [2.24, 2.45) is 0 Å². The Morgan fingerprint density at radius 3 is 2.94 bits per heavy atom. The van der Waals surface area contributed by atoms with Crippen LogP contribution in [0.2, 0.25) is 0 Å². The first-order chi connectivity index (χ1) is 8.08. The van der Waals surface area contributed by atoms with Crippen LogP contribution in [-0.4, -0.2) is 49.2 Å². The average Bonchev–Trinajstić information content (AvgIpc) is 2.63. The van der Waals surface area contributed by atoms with Gasteiger partial charge in [0, 0.05) is 25.3 Å². The smallest absolute Gasteiger partial charge is 0.0897 e. The van der Waals surface area contributed by atoms with Gasteiger partial charge in [0.2, 0.25) is 0 Å². The van der Waals surface area contributed by atoms with E-state index in [1.165, 1.54) is 0 Å². The summed E-state index contributed by atoms with van der Waals surface area (Å²) in [6, 6.07) is 0. The number of hydrogen-bond donors (Lipinski definition) is 2. The summed E-state index contributed by atoms with van der Waals surface area (Å²) in [5, 5.41) is 13.2. The maximum Gasteiger partial charge on any atom is 0.0897 e. The Morgan fingerprint density at radius 1 is 1.59 bits per heavy atom. The number of aliphatic hydroxyl groups excluding tert-OH is 1. The van der Waals surface area contributed by atoms with Crippen LogP contribution >= 0.6 is 0 Å². The summed E-state index contributed by atoms with van der Waals surface area (Å²) < 4.78 is 10.9. The Hall–Kier alpha value is -0.160. The first kappa shape index (κ1) is 14.9. The van der Waals surface area contributed by atoms with Crippen molar-refractivity contribution in [3.8, 4) is 0 Å². The summed E-state index contributed by atoms with van der Waals surface area (Å²) in [6.45, 7) is 8.87. The van der Waals surface area contributed by atoms with Crippen LogP contribution in [0.15, 0.2) is 0 Å². The SMILES string of the molecule is CCCCOCC(O)CNC1(C)CCOC1C. The Labute approximate surface area is 105 Å². The molecule has 2 N–H and O–H groups in total. The lowest BCUT2D eigenvalue weighted by Crippen LogP contribution is -2.50. The fourth-order valence-electron chi connectivity index (χ4n) is 1.94. The van der Waals surface area contributed by atoms with Gasteiger partial charge in [-0.3, -0.25) is 0 Å². The Morgan fingerprint density at radius 2 is 2.35 bits per heavy atom. The molecule has 0 aromatic heterocycles. The van der Waals surface area contributed by atoms with Crippen LogP contribution < -0.4 is 5.32 Å². The zero-order chi connectivity index (χ0) is 12.7. The number of β-amino-alcohol motifs (C(OH)–C–C–N with tert-alkyl or cyclic N) is 1. The van der Waals surface area contributed by atoms with Crippen molar-refractivity contribution in [2.75, 3.05) is 26.4 Å². The van der Waals surface area contributed by atoms with Crippen molar-refractivity contribution in [3.05, 3.63) is 0 Å². The lowest BCUT2D eigenvalue weighted by Gasteiger charge is -2.30. The number of hydrogen-bond acceptors (Lipinski definition) is 4. The van der Waals surface area contributed by atoms with Crippen molar-refractivity contribution in [2.45, 2.75) is 57.8 Å². The molecule has 4 heteroatoms. The van der Waals surface area contributed by atoms with E-state index in [1.807, 2.05) is 0 Å². The normalized spacial score (nSPS) is 30.7. The van der Waals surface area contributed by atoms with E-state index in [4.69, 9.17) is 9.47 Å². The summed E-state index contributed by atoms with van der Waals surface area (Å²) in [4.78, 5) is 0. The van der Waals surface area contributed by atoms with Crippen LogP contribution in [0.4, 0.5) is 0 Å². The highest BCUT2D eigenvalue weighted by Gasteiger charge is 2.36. The van der Waals surface area contributed by atoms with Crippen LogP contribution in [0.25, 0.3) is 0 Å². The molecule has 102 valence electrons. The number of nitrogens with one attached hydrogen (secondary N) is 1. The van der Waals surface area contributed by atoms with Gasteiger partial charge < -0.3 is 19.9 Å². The molecule has 1 rings (SSSR count). The highest BCUT2D eigenvalue weighted by atomic mass is 16.5. The monoisotopic (exact) mass is 245 g/mol. The van der Waals surface area contributed by atoms with Gasteiger partial charge in [0.25, 0.3) is 0 Å². The minimum atomic E-state index is -0.434. The molecule has 3 unspecified atom stereocenters. The molecule has 1 fully saturated rings. The van der Waals surface area contributed by atoms with Crippen LogP contribution in [0.5, 0.6) is 0 Å². The third-order valence-electron chi connectivity index (χ3n) is 3.58. The fraction of sp³-hybridized carbons (Fsp3) is 1.00. The molecular formula is C13H27NO3. The van der Waals surface area contributed by atoms with Gasteiger partial charge >= 0.3 is 0 Å². The molecule has 0 amide bonds. The van der Waals surface area contributed by atoms with E-state index >= 15 is 0 Å². The predicted octanol–water partition coefficient (Wildman–Crippen LogP) is 1.32. The number of unbranched alkanes of at least 4 members (excludes halogenated alkanes) is 1. The van der Waals surface area contributed by atoms with Crippen molar-refractivity contribution in [3.63, 3.8) is 0 Å². The number of aliphatic hydroxyl groups is 1. The average molecular weight is 245 g/mol. The van der Waals surface area contributed by atoms with Gasteiger partial charge in [0.15, 0.2) is 0 Å². The van der Waals surface area contributed by atoms with Crippen molar-refractivity contribution < 1.29 is 14.6 Å². The highest BCUT2D eigenvalue weighted by molar-refractivity contribution is 4.93. The molecular weight excluding hydrogens is 218 g/mol. The van der Waals surface area contributed by atoms with E-state index in [0.29, 0.717) is 13.2 Å². The Kier molecular flexibility index (Phi) is 6.41. The summed E-state index contributed by atoms with van der Waals surface area (Å²) in [7, 11) is 0. The Balaban J connectivity index is 2.12. The van der Waals surface area contributed by atoms with Crippen molar-refractivity contribution in [1.29, 1.82) is 0 Å². The predicted molar refractivity (Wildman–Crippen MR) is 68.2 cm³/mol. The quantitative estimate of drug-likeness (QED) is 0.633. The topological polar surface area (TPSA) is 50.7 Å². The minimum absolute atomic E-state index is 0.00953. The molecule has 0 saturated carbocycles. The van der Waals surface area contributed by atoms with Gasteiger partial charge in [-0.1, -0.05) is 13.3 Å². The molecule has 1 saturated heterocycles. The van der Waals surface area contributed by atoms with Gasteiger partial charge in [-0.15, -0.1) is 0 Å². The highest BCUT2D eigenvalue weighted by Crippen LogP contribution is 2.24. The van der Waals surface area contributed by atoms with E-state index in [1.54, 1.807) is 0 Å². The van der Waals surface area contributed by atoms with E-state index < -0.39 is 6.10 Å². The maximum absolute atomic E-state index is 9.78. The lowest BCUT2D eigenvalue weighted by atomic mass is 9.94. The van der Waals surface area contributed by atoms with Gasteiger partial charge in [-0.05, 0) is 26.7 Å². The van der Waals surface area contributed by atoms with Gasteiger partial charge in [0.05, 0.1) is 18.8 Å². The van der Waals surface area contributed by atoms with Crippen LogP contribution in [-0.2, 0) is 9.47 Å². The number of rotatable bonds is 8. The van der Waals surface area contributed by atoms with Crippen LogP contribution in [0.3, 0.4) is 0 Å². The molecule has 0 aromatic carbocycles. The summed E-state index contributed by atoms with van der Waals surface area (Å²) in [5.74, 6) is 0. The zero-order valence-corrected chi connectivity index (χ0v) is 11.4. The first-order valence-corrected chi connectivity index (χ1v) is 6.71. The Bertz CT molecular complexity index is 213. The van der Waals surface area contributed by atoms with E-state index in [0.717, 1.165) is 32.5 Å². The largest absolute Gasteiger partial charge is 0.389 e. The molecule has 0 bridgehead atoms. The van der Waals surface area contributed by atoms with E-state index in [-0.39, 0.29) is 11.6 Å². The van der Waals surface area contributed by atoms with Gasteiger partial charge in [-0.25, -0.2) is 0 Å². The molecule has 0 spiro atoms. The second kappa shape index (κ2) is 7.31. The summed E-state index contributed by atoms with van der Waals surface area (Å²) in [5.41, 5.74) is -0.00953. The molecule has 17 heavy (non-hydrogen) atoms. The van der Waals surface area contributed by atoms with Crippen LogP contribution in [0.1, 0.15) is 40.0 Å². The second-order valence-corrected chi connectivity index (χ2v) is 5.14. The summed E-state index contributed by atoms with van der Waals surface area (Å²) >= 11 is 0. The standard InChI is InChI=1S/C13H27NO3/c1-4-5-7-16-10-12(15)9-14-13(3)6-8-17-11(13)2/h11-12,14-15H,4-10H2,1-3H3. The fourth-order valence-corrected chi connectivity index (χ4v) is 1.94. The molecule has 3 atom stereocenters. The molecule has 1 aliphatic rings. The minimum Gasteiger partial charge on any atom is -0.389 e. The van der Waals surface area contributed by atoms with Crippen molar-refractivity contribution >= 4 is 0 Å². The maximum atomic E-state index is 9.78. The molecule has 4 nitrogen and oxygen atoms in total. The van der Waals surface area contributed by atoms with E-state index in [9.17, 15) is 5.11 Å². The third kappa shape index (κ3) is 4.92. The van der Waals surface area contributed by atoms with Crippen LogP contribution in [0, 0.1) is 0 Å². The molecule has 0 radical (unpaired) electrons. The number of ether oxygens (including phenoxy) is 2. The first-order valence-electron chi connectivity index (χ1n) is 6.71. The summed E-state index contributed by atoms with van der Waals surface area (Å²) in [6.07, 6.45) is 2.95.